The van der Waals surface area contributed by atoms with Gasteiger partial charge in [-0.05, 0) is 75.9 Å². The lowest BCUT2D eigenvalue weighted by Crippen LogP contribution is -2.44. The molecule has 5 rings (SSSR count). The van der Waals surface area contributed by atoms with Crippen molar-refractivity contribution in [2.45, 2.75) is 57.2 Å². The van der Waals surface area contributed by atoms with Crippen molar-refractivity contribution in [3.8, 4) is 5.75 Å². The Kier molecular flexibility index (Phi) is 9.03. The zero-order valence-corrected chi connectivity index (χ0v) is 25.5. The number of carbonyl (C=O) groups excluding carboxylic acids is 1. The number of ether oxygens (including phenoxy) is 1. The summed E-state index contributed by atoms with van der Waals surface area (Å²) in [5.41, 5.74) is 2.00. The van der Waals surface area contributed by atoms with Gasteiger partial charge >= 0.3 is 6.18 Å². The fraction of sp³-hybridized carbons (Fsp3) is 0.469. The highest BCUT2D eigenvalue weighted by Gasteiger charge is 2.40. The number of aromatic nitrogens is 2. The molecule has 0 radical (unpaired) electrons. The summed E-state index contributed by atoms with van der Waals surface area (Å²) in [6.07, 6.45) is -1.59. The normalized spacial score (nSPS) is 16.7. The van der Waals surface area contributed by atoms with Crippen LogP contribution in [-0.4, -0.2) is 72.3 Å². The molecule has 2 aliphatic rings. The molecule has 1 saturated heterocycles. The first-order chi connectivity index (χ1) is 20.9. The van der Waals surface area contributed by atoms with E-state index in [1.807, 2.05) is 45.2 Å². The van der Waals surface area contributed by atoms with Crippen molar-refractivity contribution in [1.29, 1.82) is 0 Å². The number of likely N-dealkylation sites (N-methyl/N-ethyl adjacent to an activating group) is 1. The van der Waals surface area contributed by atoms with Crippen LogP contribution in [-0.2, 0) is 29.2 Å². The van der Waals surface area contributed by atoms with E-state index in [1.54, 1.807) is 19.2 Å². The third-order valence-corrected chi connectivity index (χ3v) is 8.73. The largest absolute Gasteiger partial charge is 0.494 e. The molecule has 3 aromatic rings. The van der Waals surface area contributed by atoms with Crippen molar-refractivity contribution in [3.05, 3.63) is 65.0 Å². The molecule has 2 aliphatic heterocycles. The van der Waals surface area contributed by atoms with Gasteiger partial charge in [0.2, 0.25) is 11.9 Å². The third-order valence-electron chi connectivity index (χ3n) is 8.73. The summed E-state index contributed by atoms with van der Waals surface area (Å²) < 4.78 is 47.6. The van der Waals surface area contributed by atoms with Crippen molar-refractivity contribution in [2.75, 3.05) is 55.9 Å². The number of aryl methyl sites for hydroxylation is 2. The molecule has 0 unspecified atom stereocenters. The lowest BCUT2D eigenvalue weighted by atomic mass is 9.82. The van der Waals surface area contributed by atoms with Crippen molar-refractivity contribution in [2.24, 2.45) is 0 Å². The van der Waals surface area contributed by atoms with E-state index in [1.165, 1.54) is 0 Å². The number of fused-ring (bicyclic) bond motifs is 1. The van der Waals surface area contributed by atoms with Gasteiger partial charge in [0.1, 0.15) is 5.75 Å². The molecule has 1 amide bonds. The van der Waals surface area contributed by atoms with Crippen LogP contribution in [0.3, 0.4) is 0 Å². The maximum absolute atomic E-state index is 14.0. The molecule has 0 atom stereocenters. The zero-order valence-electron chi connectivity index (χ0n) is 25.5. The summed E-state index contributed by atoms with van der Waals surface area (Å²) in [4.78, 5) is 25.3. The molecule has 44 heavy (non-hydrogen) atoms. The number of amides is 1. The monoisotopic (exact) mass is 612 g/mol. The van der Waals surface area contributed by atoms with Gasteiger partial charge in [0, 0.05) is 49.3 Å². The van der Waals surface area contributed by atoms with Crippen LogP contribution in [0.25, 0.3) is 0 Å². The Morgan fingerprint density at radius 1 is 1.18 bits per heavy atom. The summed E-state index contributed by atoms with van der Waals surface area (Å²) in [5, 5.41) is 15.2. The number of hydrogen-bond acceptors (Lipinski definition) is 8. The van der Waals surface area contributed by atoms with Gasteiger partial charge in [-0.1, -0.05) is 12.1 Å². The average Bonchev–Trinajstić information content (AvgIpc) is 3.23. The fourth-order valence-electron chi connectivity index (χ4n) is 6.21. The Bertz CT molecular complexity index is 1510. The molecule has 0 bridgehead atoms. The number of nitrogens with one attached hydrogen (secondary N) is 2. The maximum Gasteiger partial charge on any atom is 0.419 e. The number of carbonyl (C=O) groups is 1. The summed E-state index contributed by atoms with van der Waals surface area (Å²) in [7, 11) is 3.57. The Morgan fingerprint density at radius 2 is 1.93 bits per heavy atom. The van der Waals surface area contributed by atoms with Crippen LogP contribution in [0.4, 0.5) is 36.2 Å². The summed E-state index contributed by atoms with van der Waals surface area (Å²) >= 11 is 0. The van der Waals surface area contributed by atoms with Crippen LogP contribution in [0.1, 0.15) is 49.1 Å². The molecule has 236 valence electrons. The highest BCUT2D eigenvalue weighted by atomic mass is 19.4. The highest BCUT2D eigenvalue weighted by Crippen LogP contribution is 2.41. The smallest absolute Gasteiger partial charge is 0.419 e. The van der Waals surface area contributed by atoms with Gasteiger partial charge in [-0.2, -0.15) is 13.2 Å². The van der Waals surface area contributed by atoms with Gasteiger partial charge < -0.3 is 30.3 Å². The summed E-state index contributed by atoms with van der Waals surface area (Å²) in [6.45, 7) is 6.12. The van der Waals surface area contributed by atoms with Crippen LogP contribution < -0.4 is 20.3 Å². The minimum Gasteiger partial charge on any atom is -0.494 e. The van der Waals surface area contributed by atoms with Gasteiger partial charge in [-0.3, -0.25) is 4.79 Å². The summed E-state index contributed by atoms with van der Waals surface area (Å²) in [5.74, 6) is 0.410. The van der Waals surface area contributed by atoms with Crippen molar-refractivity contribution in [1.82, 2.24) is 14.9 Å². The second-order valence-corrected chi connectivity index (χ2v) is 11.9. The number of aliphatic hydroxyl groups excluding tert-OH is 1. The molecule has 1 fully saturated rings. The van der Waals surface area contributed by atoms with Gasteiger partial charge in [-0.25, -0.2) is 9.97 Å². The molecule has 0 aliphatic carbocycles. The molecular weight excluding hydrogens is 573 g/mol. The van der Waals surface area contributed by atoms with Gasteiger partial charge in [0.15, 0.2) is 0 Å². The minimum atomic E-state index is -4.62. The Balaban J connectivity index is 1.34. The number of methoxy groups -OCH3 is 1. The van der Waals surface area contributed by atoms with Crippen LogP contribution in [0.15, 0.2) is 42.6 Å². The number of piperidine rings is 1. The van der Waals surface area contributed by atoms with E-state index in [-0.39, 0.29) is 37.0 Å². The number of rotatable bonds is 10. The molecule has 2 aromatic carbocycles. The second kappa shape index (κ2) is 12.6. The molecule has 12 heteroatoms. The highest BCUT2D eigenvalue weighted by molar-refractivity contribution is 6.06. The van der Waals surface area contributed by atoms with Crippen molar-refractivity contribution >= 4 is 28.9 Å². The first kappa shape index (κ1) is 31.5. The van der Waals surface area contributed by atoms with E-state index >= 15 is 0 Å². The summed E-state index contributed by atoms with van der Waals surface area (Å²) in [6, 6.07) is 11.5. The predicted octanol–water partition coefficient (Wildman–Crippen LogP) is 5.16. The van der Waals surface area contributed by atoms with E-state index in [0.717, 1.165) is 48.9 Å². The number of aliphatic hydroxyl groups is 1. The Labute approximate surface area is 255 Å². The van der Waals surface area contributed by atoms with Crippen LogP contribution in [0.5, 0.6) is 5.75 Å². The molecule has 0 spiro atoms. The van der Waals surface area contributed by atoms with E-state index in [9.17, 15) is 23.1 Å². The third kappa shape index (κ3) is 6.46. The van der Waals surface area contributed by atoms with Gasteiger partial charge in [0.05, 0.1) is 36.1 Å². The Morgan fingerprint density at radius 3 is 2.61 bits per heavy atom. The number of benzene rings is 2. The topological polar surface area (TPSA) is 103 Å². The number of anilines is 4. The average molecular weight is 613 g/mol. The first-order valence-corrected chi connectivity index (χ1v) is 14.8. The van der Waals surface area contributed by atoms with Crippen LogP contribution >= 0.6 is 0 Å². The quantitative estimate of drug-likeness (QED) is 0.289. The van der Waals surface area contributed by atoms with E-state index in [4.69, 9.17) is 4.74 Å². The molecule has 3 N–H and O–H groups in total. The molecular formula is C32H39F3N6O3. The molecule has 0 saturated carbocycles. The molecule has 1 aromatic heterocycles. The van der Waals surface area contributed by atoms with Crippen LogP contribution in [0, 0.1) is 0 Å². The lowest BCUT2D eigenvalue weighted by Gasteiger charge is -2.37. The first-order valence-electron chi connectivity index (χ1n) is 14.8. The standard InChI is InChI=1S/C32H39F3N6O3/c1-31(2)28-20(6-5-7-26(28)37-29(31)43)8-10-24-23(32(33,34)35)19-36-30(38-24)39-25-11-9-22(18-27(25)44-4)41-14-12-21(13-15-41)40(3)16-17-42/h5-7,9,11,18-19,21,42H,8,10,12-17H2,1-4H3,(H,37,43)(H,36,38,39). The van der Waals surface area contributed by atoms with E-state index in [0.29, 0.717) is 29.7 Å². The van der Waals surface area contributed by atoms with Gasteiger partial charge in [0.25, 0.3) is 0 Å². The van der Waals surface area contributed by atoms with Crippen molar-refractivity contribution < 1.29 is 27.8 Å². The van der Waals surface area contributed by atoms with Gasteiger partial charge in [-0.15, -0.1) is 0 Å². The minimum absolute atomic E-state index is 0.00624. The van der Waals surface area contributed by atoms with Crippen LogP contribution in [0.2, 0.25) is 0 Å². The molecule has 3 heterocycles. The maximum atomic E-state index is 14.0. The number of hydrogen-bond donors (Lipinski definition) is 3. The lowest BCUT2D eigenvalue weighted by molar-refractivity contribution is -0.138. The number of nitrogens with zero attached hydrogens (tertiary/aromatic N) is 4. The second-order valence-electron chi connectivity index (χ2n) is 11.9. The fourth-order valence-corrected chi connectivity index (χ4v) is 6.21. The zero-order chi connectivity index (χ0) is 31.6. The number of alkyl halides is 3. The molecule has 9 nitrogen and oxygen atoms in total. The SMILES string of the molecule is COc1cc(N2CCC(N(C)CCO)CC2)ccc1Nc1ncc(C(F)(F)F)c(CCc2cccc3c2C(C)(C)C(=O)N3)n1. The number of halogens is 3. The predicted molar refractivity (Wildman–Crippen MR) is 164 cm³/mol. The Hall–Kier alpha value is -3.90. The van der Waals surface area contributed by atoms with E-state index < -0.39 is 17.2 Å². The van der Waals surface area contributed by atoms with E-state index in [2.05, 4.69) is 30.4 Å². The van der Waals surface area contributed by atoms with Crippen molar-refractivity contribution in [3.63, 3.8) is 0 Å².